The van der Waals surface area contributed by atoms with Crippen molar-refractivity contribution in [2.24, 2.45) is 0 Å². The van der Waals surface area contributed by atoms with Crippen LogP contribution in [0.3, 0.4) is 0 Å². The van der Waals surface area contributed by atoms with Gasteiger partial charge in [0.2, 0.25) is 0 Å². The van der Waals surface area contributed by atoms with Crippen molar-refractivity contribution in [3.05, 3.63) is 10.0 Å². The number of nitrogens with one attached hydrogen (secondary N) is 1. The van der Waals surface area contributed by atoms with Crippen molar-refractivity contribution in [2.45, 2.75) is 37.5 Å². The lowest BCUT2D eigenvalue weighted by Gasteiger charge is -2.19. The topological polar surface area (TPSA) is 37.8 Å². The molecule has 0 bridgehead atoms. The second kappa shape index (κ2) is 3.59. The zero-order valence-corrected chi connectivity index (χ0v) is 9.02. The fourth-order valence-corrected chi connectivity index (χ4v) is 3.12. The highest BCUT2D eigenvalue weighted by Crippen LogP contribution is 2.42. The van der Waals surface area contributed by atoms with Crippen molar-refractivity contribution < 1.29 is 0 Å². The van der Waals surface area contributed by atoms with Crippen molar-refractivity contribution in [3.63, 3.8) is 0 Å². The summed E-state index contributed by atoms with van der Waals surface area (Å²) < 4.78 is 0. The molecule has 1 unspecified atom stereocenters. The van der Waals surface area contributed by atoms with E-state index in [1.54, 1.807) is 0 Å². The smallest absolute Gasteiger partial charge is 0.121 e. The summed E-state index contributed by atoms with van der Waals surface area (Å²) in [7, 11) is 0. The lowest BCUT2D eigenvalue weighted by Crippen LogP contribution is -2.28. The minimum absolute atomic E-state index is 0.633. The summed E-state index contributed by atoms with van der Waals surface area (Å²) in [4.78, 5) is 0. The Morgan fingerprint density at radius 3 is 2.50 bits per heavy atom. The minimum atomic E-state index is 0.633. The van der Waals surface area contributed by atoms with E-state index in [0.717, 1.165) is 12.5 Å². The predicted octanol–water partition coefficient (Wildman–Crippen LogP) is 1.88. The third-order valence-electron chi connectivity index (χ3n) is 3.03. The largest absolute Gasteiger partial charge is 0.316 e. The Labute approximate surface area is 87.9 Å². The van der Waals surface area contributed by atoms with Crippen LogP contribution in [0.25, 0.3) is 0 Å². The average molecular weight is 209 g/mol. The van der Waals surface area contributed by atoms with Crippen LogP contribution in [-0.2, 0) is 0 Å². The first-order chi connectivity index (χ1) is 6.93. The van der Waals surface area contributed by atoms with Gasteiger partial charge in [0, 0.05) is 18.4 Å². The number of nitrogens with zero attached hydrogens (tertiary/aromatic N) is 2. The van der Waals surface area contributed by atoms with Crippen molar-refractivity contribution in [1.82, 2.24) is 15.5 Å². The molecular weight excluding hydrogens is 194 g/mol. The van der Waals surface area contributed by atoms with Crippen molar-refractivity contribution in [3.8, 4) is 0 Å². The van der Waals surface area contributed by atoms with Gasteiger partial charge >= 0.3 is 0 Å². The zero-order valence-electron chi connectivity index (χ0n) is 8.20. The Morgan fingerprint density at radius 1 is 1.07 bits per heavy atom. The molecule has 1 aliphatic carbocycles. The molecular formula is C10H15N3S. The number of piperidine rings is 1. The molecule has 1 aromatic rings. The van der Waals surface area contributed by atoms with Crippen LogP contribution in [0.5, 0.6) is 0 Å². The van der Waals surface area contributed by atoms with Crippen LogP contribution in [0.1, 0.15) is 47.5 Å². The van der Waals surface area contributed by atoms with E-state index in [1.807, 2.05) is 11.3 Å². The number of aromatic nitrogens is 2. The standard InChI is InChI=1S/C10H15N3S/c1-2-8(6-11-5-1)10-13-12-9(14-10)7-3-4-7/h7-8,11H,1-6H2. The first kappa shape index (κ1) is 8.80. The van der Waals surface area contributed by atoms with Crippen LogP contribution >= 0.6 is 11.3 Å². The normalized spacial score (nSPS) is 27.9. The molecule has 2 aliphatic rings. The van der Waals surface area contributed by atoms with Gasteiger partial charge in [-0.25, -0.2) is 0 Å². The molecule has 76 valence electrons. The van der Waals surface area contributed by atoms with E-state index < -0.39 is 0 Å². The van der Waals surface area contributed by atoms with Gasteiger partial charge in [0.1, 0.15) is 10.0 Å². The van der Waals surface area contributed by atoms with Gasteiger partial charge in [-0.15, -0.1) is 21.5 Å². The monoisotopic (exact) mass is 209 g/mol. The van der Waals surface area contributed by atoms with Crippen LogP contribution < -0.4 is 5.32 Å². The van der Waals surface area contributed by atoms with E-state index in [9.17, 15) is 0 Å². The fourth-order valence-electron chi connectivity index (χ4n) is 1.97. The van der Waals surface area contributed by atoms with Gasteiger partial charge < -0.3 is 5.32 Å². The van der Waals surface area contributed by atoms with Crippen LogP contribution in [0.2, 0.25) is 0 Å². The SMILES string of the molecule is C1CNCC(c2nnc(C3CC3)s2)C1. The van der Waals surface area contributed by atoms with Gasteiger partial charge in [0.05, 0.1) is 0 Å². The van der Waals surface area contributed by atoms with E-state index in [-0.39, 0.29) is 0 Å². The molecule has 1 aliphatic heterocycles. The number of hydrogen-bond donors (Lipinski definition) is 1. The summed E-state index contributed by atoms with van der Waals surface area (Å²) >= 11 is 1.85. The molecule has 3 nitrogen and oxygen atoms in total. The maximum absolute atomic E-state index is 4.33. The highest BCUT2D eigenvalue weighted by molar-refractivity contribution is 7.11. The number of hydrogen-bond acceptors (Lipinski definition) is 4. The summed E-state index contributed by atoms with van der Waals surface area (Å²) in [5, 5.41) is 14.6. The van der Waals surface area contributed by atoms with Crippen LogP contribution in [-0.4, -0.2) is 23.3 Å². The molecule has 0 aromatic carbocycles. The van der Waals surface area contributed by atoms with Gasteiger partial charge in [0.15, 0.2) is 0 Å². The number of rotatable bonds is 2. The maximum Gasteiger partial charge on any atom is 0.121 e. The van der Waals surface area contributed by atoms with Gasteiger partial charge in [0.25, 0.3) is 0 Å². The van der Waals surface area contributed by atoms with Crippen molar-refractivity contribution in [1.29, 1.82) is 0 Å². The lowest BCUT2D eigenvalue weighted by molar-refractivity contribution is 0.458. The Morgan fingerprint density at radius 2 is 1.86 bits per heavy atom. The predicted molar refractivity (Wildman–Crippen MR) is 56.7 cm³/mol. The summed E-state index contributed by atoms with van der Waals surface area (Å²) in [6.45, 7) is 2.27. The molecule has 1 aromatic heterocycles. The van der Waals surface area contributed by atoms with E-state index in [4.69, 9.17) is 0 Å². The molecule has 1 N–H and O–H groups in total. The van der Waals surface area contributed by atoms with Gasteiger partial charge in [-0.05, 0) is 32.2 Å². The Bertz CT molecular complexity index is 313. The minimum Gasteiger partial charge on any atom is -0.316 e. The molecule has 2 heterocycles. The molecule has 1 saturated carbocycles. The zero-order chi connectivity index (χ0) is 9.38. The van der Waals surface area contributed by atoms with E-state index >= 15 is 0 Å². The third kappa shape index (κ3) is 1.68. The first-order valence-corrected chi connectivity index (χ1v) is 6.29. The molecule has 1 atom stereocenters. The molecule has 3 rings (SSSR count). The molecule has 4 heteroatoms. The third-order valence-corrected chi connectivity index (χ3v) is 4.28. The average Bonchev–Trinajstić information content (AvgIpc) is 2.98. The summed E-state index contributed by atoms with van der Waals surface area (Å²) in [5.41, 5.74) is 0. The van der Waals surface area contributed by atoms with Crippen LogP contribution in [0.15, 0.2) is 0 Å². The fraction of sp³-hybridized carbons (Fsp3) is 0.800. The molecule has 0 spiro atoms. The summed E-state index contributed by atoms with van der Waals surface area (Å²) in [5.74, 6) is 1.39. The molecule has 0 radical (unpaired) electrons. The second-order valence-corrected chi connectivity index (χ2v) is 5.34. The van der Waals surface area contributed by atoms with Gasteiger partial charge in [-0.1, -0.05) is 0 Å². The quantitative estimate of drug-likeness (QED) is 0.808. The summed E-state index contributed by atoms with van der Waals surface area (Å²) in [6, 6.07) is 0. The Balaban J connectivity index is 1.74. The highest BCUT2D eigenvalue weighted by atomic mass is 32.1. The van der Waals surface area contributed by atoms with E-state index in [2.05, 4.69) is 15.5 Å². The Hall–Kier alpha value is -0.480. The van der Waals surface area contributed by atoms with Crippen molar-refractivity contribution >= 4 is 11.3 Å². The van der Waals surface area contributed by atoms with E-state index in [0.29, 0.717) is 5.92 Å². The second-order valence-electron chi connectivity index (χ2n) is 4.30. The summed E-state index contributed by atoms with van der Waals surface area (Å²) in [6.07, 6.45) is 5.23. The molecule has 2 fully saturated rings. The van der Waals surface area contributed by atoms with Crippen LogP contribution in [0.4, 0.5) is 0 Å². The van der Waals surface area contributed by atoms with Gasteiger partial charge in [-0.2, -0.15) is 0 Å². The van der Waals surface area contributed by atoms with Crippen molar-refractivity contribution in [2.75, 3.05) is 13.1 Å². The molecule has 1 saturated heterocycles. The lowest BCUT2D eigenvalue weighted by atomic mass is 10.0. The first-order valence-electron chi connectivity index (χ1n) is 5.47. The highest BCUT2D eigenvalue weighted by Gasteiger charge is 2.29. The molecule has 14 heavy (non-hydrogen) atoms. The van der Waals surface area contributed by atoms with Gasteiger partial charge in [-0.3, -0.25) is 0 Å². The Kier molecular flexibility index (Phi) is 2.25. The van der Waals surface area contributed by atoms with Crippen LogP contribution in [0, 0.1) is 0 Å². The maximum atomic E-state index is 4.33. The van der Waals surface area contributed by atoms with E-state index in [1.165, 1.54) is 42.2 Å². The molecule has 0 amide bonds.